The van der Waals surface area contributed by atoms with Gasteiger partial charge in [0.2, 0.25) is 0 Å². The van der Waals surface area contributed by atoms with E-state index in [9.17, 15) is 13.6 Å². The monoisotopic (exact) mass is 210 g/mol. The van der Waals surface area contributed by atoms with Crippen LogP contribution in [0.5, 0.6) is 0 Å². The van der Waals surface area contributed by atoms with Crippen LogP contribution >= 0.6 is 0 Å². The number of nitriles is 1. The smallest absolute Gasteiger partial charge is 0.255 e. The maximum Gasteiger partial charge on any atom is 0.255 e. The van der Waals surface area contributed by atoms with Gasteiger partial charge in [0, 0.05) is 6.07 Å². The molecule has 78 valence electrons. The lowest BCUT2D eigenvalue weighted by Gasteiger charge is -2.04. The number of rotatable bonds is 2. The van der Waals surface area contributed by atoms with E-state index in [0.29, 0.717) is 6.07 Å². The van der Waals surface area contributed by atoms with Crippen molar-refractivity contribution >= 4 is 5.91 Å². The van der Waals surface area contributed by atoms with Crippen LogP contribution in [-0.4, -0.2) is 12.5 Å². The number of benzene rings is 1. The number of nitrogens with one attached hydrogen (secondary N) is 1. The van der Waals surface area contributed by atoms with Crippen molar-refractivity contribution in [3.05, 3.63) is 34.9 Å². The summed E-state index contributed by atoms with van der Waals surface area (Å²) in [5.41, 5.74) is -0.0809. The number of amides is 1. The molecule has 0 heterocycles. The molecular formula is C10H8F2N2O. The lowest BCUT2D eigenvalue weighted by molar-refractivity contribution is 0.0954. The van der Waals surface area contributed by atoms with Crippen LogP contribution in [0.1, 0.15) is 15.9 Å². The Kier molecular flexibility index (Phi) is 3.34. The van der Waals surface area contributed by atoms with E-state index >= 15 is 0 Å². The number of aryl methyl sites for hydroxylation is 1. The fraction of sp³-hybridized carbons (Fsp3) is 0.200. The summed E-state index contributed by atoms with van der Waals surface area (Å²) in [6, 6.07) is 3.44. The number of carbonyl (C=O) groups is 1. The molecule has 0 unspecified atom stereocenters. The summed E-state index contributed by atoms with van der Waals surface area (Å²) in [7, 11) is 0. The molecule has 0 radical (unpaired) electrons. The van der Waals surface area contributed by atoms with Crippen molar-refractivity contribution in [1.29, 1.82) is 5.26 Å². The highest BCUT2D eigenvalue weighted by Crippen LogP contribution is 2.13. The molecule has 0 saturated carbocycles. The van der Waals surface area contributed by atoms with Gasteiger partial charge in [0.15, 0.2) is 0 Å². The van der Waals surface area contributed by atoms with Gasteiger partial charge in [0.25, 0.3) is 5.91 Å². The van der Waals surface area contributed by atoms with Gasteiger partial charge >= 0.3 is 0 Å². The summed E-state index contributed by atoms with van der Waals surface area (Å²) in [5.74, 6) is -2.37. The molecule has 0 spiro atoms. The number of hydrogen-bond acceptors (Lipinski definition) is 2. The second-order valence-corrected chi connectivity index (χ2v) is 2.92. The topological polar surface area (TPSA) is 52.9 Å². The van der Waals surface area contributed by atoms with Crippen molar-refractivity contribution in [2.45, 2.75) is 6.92 Å². The lowest BCUT2D eigenvalue weighted by Crippen LogP contribution is -2.24. The van der Waals surface area contributed by atoms with Gasteiger partial charge in [0.05, 0.1) is 11.6 Å². The first-order valence-corrected chi connectivity index (χ1v) is 4.17. The molecule has 1 N–H and O–H groups in total. The summed E-state index contributed by atoms with van der Waals surface area (Å²) in [5, 5.41) is 10.4. The number of nitrogens with zero attached hydrogens (tertiary/aromatic N) is 1. The quantitative estimate of drug-likeness (QED) is 0.752. The highest BCUT2D eigenvalue weighted by molar-refractivity contribution is 5.94. The maximum atomic E-state index is 13.1. The fourth-order valence-electron chi connectivity index (χ4n) is 1.05. The van der Waals surface area contributed by atoms with Gasteiger partial charge in [-0.3, -0.25) is 4.79 Å². The zero-order valence-corrected chi connectivity index (χ0v) is 7.97. The third-order valence-electron chi connectivity index (χ3n) is 1.82. The average molecular weight is 210 g/mol. The molecule has 1 aromatic rings. The molecule has 1 rings (SSSR count). The van der Waals surface area contributed by atoms with Crippen LogP contribution in [0.4, 0.5) is 8.78 Å². The van der Waals surface area contributed by atoms with Gasteiger partial charge in [0.1, 0.15) is 18.2 Å². The van der Waals surface area contributed by atoms with Crippen LogP contribution in [0, 0.1) is 29.9 Å². The zero-order valence-electron chi connectivity index (χ0n) is 7.97. The SMILES string of the molecule is Cc1cc(C(=O)NCC#N)c(F)cc1F. The second-order valence-electron chi connectivity index (χ2n) is 2.92. The van der Waals surface area contributed by atoms with E-state index in [-0.39, 0.29) is 17.7 Å². The summed E-state index contributed by atoms with van der Waals surface area (Å²) in [6.07, 6.45) is 0. The first-order chi connectivity index (χ1) is 7.06. The van der Waals surface area contributed by atoms with E-state index in [2.05, 4.69) is 5.32 Å². The van der Waals surface area contributed by atoms with Gasteiger partial charge in [-0.25, -0.2) is 8.78 Å². The molecule has 3 nitrogen and oxygen atoms in total. The molecule has 0 aliphatic carbocycles. The largest absolute Gasteiger partial charge is 0.339 e. The van der Waals surface area contributed by atoms with Crippen LogP contribution in [0.25, 0.3) is 0 Å². The van der Waals surface area contributed by atoms with Crippen molar-refractivity contribution in [3.8, 4) is 6.07 Å². The molecule has 1 amide bonds. The minimum Gasteiger partial charge on any atom is -0.339 e. The molecule has 1 aromatic carbocycles. The van der Waals surface area contributed by atoms with Gasteiger partial charge in [-0.1, -0.05) is 0 Å². The van der Waals surface area contributed by atoms with Crippen LogP contribution in [0.3, 0.4) is 0 Å². The standard InChI is InChI=1S/C10H8F2N2O/c1-6-4-7(9(12)5-8(6)11)10(15)14-3-2-13/h4-5H,3H2,1H3,(H,14,15). The fourth-order valence-corrected chi connectivity index (χ4v) is 1.05. The molecule has 0 aliphatic rings. The van der Waals surface area contributed by atoms with Crippen molar-refractivity contribution in [2.24, 2.45) is 0 Å². The molecule has 0 aromatic heterocycles. The molecule has 0 saturated heterocycles. The highest BCUT2D eigenvalue weighted by atomic mass is 19.1. The summed E-state index contributed by atoms with van der Waals surface area (Å²) in [4.78, 5) is 11.3. The molecule has 15 heavy (non-hydrogen) atoms. The van der Waals surface area contributed by atoms with Gasteiger partial charge in [-0.15, -0.1) is 0 Å². The Bertz CT molecular complexity index is 438. The Hall–Kier alpha value is -1.96. The Balaban J connectivity index is 3.00. The van der Waals surface area contributed by atoms with Crippen molar-refractivity contribution in [3.63, 3.8) is 0 Å². The number of hydrogen-bond donors (Lipinski definition) is 1. The van der Waals surface area contributed by atoms with Gasteiger partial charge < -0.3 is 5.32 Å². The summed E-state index contributed by atoms with van der Waals surface area (Å²) in [6.45, 7) is 1.21. The second kappa shape index (κ2) is 4.51. The van der Waals surface area contributed by atoms with Gasteiger partial charge in [-0.2, -0.15) is 5.26 Å². The van der Waals surface area contributed by atoms with E-state index in [1.165, 1.54) is 6.92 Å². The number of carbonyl (C=O) groups excluding carboxylic acids is 1. The first kappa shape index (κ1) is 11.1. The molecular weight excluding hydrogens is 202 g/mol. The van der Waals surface area contributed by atoms with Crippen molar-refractivity contribution in [1.82, 2.24) is 5.32 Å². The summed E-state index contributed by atoms with van der Waals surface area (Å²) >= 11 is 0. The summed E-state index contributed by atoms with van der Waals surface area (Å²) < 4.78 is 26.0. The molecule has 0 fully saturated rings. The van der Waals surface area contributed by atoms with Crippen LogP contribution in [0.2, 0.25) is 0 Å². The van der Waals surface area contributed by atoms with Gasteiger partial charge in [-0.05, 0) is 18.6 Å². The molecule has 0 aliphatic heterocycles. The average Bonchev–Trinajstić information content (AvgIpc) is 2.20. The van der Waals surface area contributed by atoms with Crippen LogP contribution in [0.15, 0.2) is 12.1 Å². The zero-order chi connectivity index (χ0) is 11.4. The minimum atomic E-state index is -0.937. The third-order valence-corrected chi connectivity index (χ3v) is 1.82. The van der Waals surface area contributed by atoms with Crippen LogP contribution < -0.4 is 5.32 Å². The Labute approximate surface area is 85.3 Å². The predicted molar refractivity (Wildman–Crippen MR) is 49.0 cm³/mol. The van der Waals surface area contributed by atoms with Crippen molar-refractivity contribution in [2.75, 3.05) is 6.54 Å². The normalized spacial score (nSPS) is 9.47. The number of halogens is 2. The Morgan fingerprint density at radius 2 is 2.13 bits per heavy atom. The Morgan fingerprint density at radius 3 is 2.73 bits per heavy atom. The molecule has 0 bridgehead atoms. The van der Waals surface area contributed by atoms with E-state index in [4.69, 9.17) is 5.26 Å². The van der Waals surface area contributed by atoms with E-state index < -0.39 is 17.5 Å². The first-order valence-electron chi connectivity index (χ1n) is 4.17. The predicted octanol–water partition coefficient (Wildman–Crippen LogP) is 1.53. The van der Waals surface area contributed by atoms with Crippen LogP contribution in [-0.2, 0) is 0 Å². The van der Waals surface area contributed by atoms with E-state index in [1.54, 1.807) is 6.07 Å². The lowest BCUT2D eigenvalue weighted by atomic mass is 10.1. The highest BCUT2D eigenvalue weighted by Gasteiger charge is 2.13. The minimum absolute atomic E-state index is 0.179. The van der Waals surface area contributed by atoms with E-state index in [0.717, 1.165) is 6.07 Å². The third kappa shape index (κ3) is 2.50. The van der Waals surface area contributed by atoms with Crippen molar-refractivity contribution < 1.29 is 13.6 Å². The molecule has 0 atom stereocenters. The Morgan fingerprint density at radius 1 is 1.47 bits per heavy atom. The molecule has 5 heteroatoms. The van der Waals surface area contributed by atoms with E-state index in [1.807, 2.05) is 0 Å². The maximum absolute atomic E-state index is 13.1.